The van der Waals surface area contributed by atoms with Crippen LogP contribution in [0.3, 0.4) is 0 Å². The van der Waals surface area contributed by atoms with Crippen molar-refractivity contribution in [1.82, 2.24) is 0 Å². The highest BCUT2D eigenvalue weighted by atomic mass is 31.2. The Morgan fingerprint density at radius 3 is 0.888 bits per heavy atom. The van der Waals surface area contributed by atoms with E-state index in [0.717, 1.165) is 116 Å². The summed E-state index contributed by atoms with van der Waals surface area (Å²) in [5.74, 6) is -2.26. The molecule has 0 rings (SSSR count). The molecule has 0 aromatic rings. The first kappa shape index (κ1) is 94.2. The fourth-order valence-electron chi connectivity index (χ4n) is 10.5. The van der Waals surface area contributed by atoms with Gasteiger partial charge in [-0.2, -0.15) is 0 Å². The maximum absolute atomic E-state index is 13.1. The van der Waals surface area contributed by atoms with Crippen molar-refractivity contribution in [2.24, 2.45) is 0 Å². The van der Waals surface area contributed by atoms with E-state index in [9.17, 15) is 43.2 Å². The number of phosphoric acid groups is 2. The van der Waals surface area contributed by atoms with Gasteiger partial charge in [-0.3, -0.25) is 37.3 Å². The van der Waals surface area contributed by atoms with Crippen LogP contribution in [0.4, 0.5) is 0 Å². The number of aliphatic hydroxyl groups is 1. The van der Waals surface area contributed by atoms with Gasteiger partial charge in [0.15, 0.2) is 12.2 Å². The monoisotopic (exact) mass is 1420 g/mol. The number of hydrogen-bond acceptors (Lipinski definition) is 15. The van der Waals surface area contributed by atoms with E-state index in [1.807, 2.05) is 18.2 Å². The zero-order valence-corrected chi connectivity index (χ0v) is 63.7. The molecule has 0 heterocycles. The van der Waals surface area contributed by atoms with Gasteiger partial charge in [-0.15, -0.1) is 0 Å². The molecule has 0 aliphatic rings. The van der Waals surface area contributed by atoms with Crippen LogP contribution in [0.15, 0.2) is 85.1 Å². The van der Waals surface area contributed by atoms with Crippen molar-refractivity contribution in [3.63, 3.8) is 0 Å². The number of carbonyl (C=O) groups is 4. The van der Waals surface area contributed by atoms with Crippen LogP contribution in [0, 0.1) is 0 Å². The SMILES string of the molecule is CC/C=C\C/C=C\C/C=C\C/C=C\C/C=C\C/C=C\CCC(=O)OCC(COP(=O)(O)OCC(O)COP(=O)(O)OCC(COC(=O)CCCCCCCCCCCCCCC)OC(=O)CCCCCCCCCCCCCCC)OC(=O)CCCCCCC/C=C\CCCCCC. The Hall–Kier alpha value is -3.76. The number of carbonyl (C=O) groups excluding carboxylic acids is 4. The molecular weight excluding hydrogens is 1280 g/mol. The van der Waals surface area contributed by atoms with Crippen molar-refractivity contribution in [3.05, 3.63) is 85.1 Å². The highest BCUT2D eigenvalue weighted by molar-refractivity contribution is 7.47. The number of esters is 4. The van der Waals surface area contributed by atoms with Gasteiger partial charge in [0, 0.05) is 25.7 Å². The van der Waals surface area contributed by atoms with Gasteiger partial charge < -0.3 is 33.8 Å². The van der Waals surface area contributed by atoms with E-state index in [0.29, 0.717) is 32.1 Å². The maximum Gasteiger partial charge on any atom is 0.472 e. The summed E-state index contributed by atoms with van der Waals surface area (Å²) in [7, 11) is -9.96. The van der Waals surface area contributed by atoms with Crippen LogP contribution in [0.5, 0.6) is 0 Å². The van der Waals surface area contributed by atoms with Gasteiger partial charge in [-0.25, -0.2) is 9.13 Å². The molecule has 3 N–H and O–H groups in total. The van der Waals surface area contributed by atoms with Gasteiger partial charge in [0.2, 0.25) is 0 Å². The average molecular weight is 1420 g/mol. The summed E-state index contributed by atoms with van der Waals surface area (Å²) < 4.78 is 68.4. The second kappa shape index (κ2) is 71.6. The lowest BCUT2D eigenvalue weighted by Gasteiger charge is -2.21. The first-order valence-corrected chi connectivity index (χ1v) is 41.8. The van der Waals surface area contributed by atoms with Crippen LogP contribution >= 0.6 is 15.6 Å². The van der Waals surface area contributed by atoms with Crippen molar-refractivity contribution >= 4 is 39.5 Å². The van der Waals surface area contributed by atoms with Crippen molar-refractivity contribution in [3.8, 4) is 0 Å². The number of ether oxygens (including phenoxy) is 4. The third kappa shape index (κ3) is 70.7. The maximum atomic E-state index is 13.1. The van der Waals surface area contributed by atoms with E-state index in [4.69, 9.17) is 37.0 Å². The molecule has 19 heteroatoms. The number of rotatable bonds is 73. The van der Waals surface area contributed by atoms with Crippen LogP contribution in [0.25, 0.3) is 0 Å². The van der Waals surface area contributed by atoms with Gasteiger partial charge in [-0.1, -0.05) is 305 Å². The normalized spacial score (nSPS) is 14.4. The first-order chi connectivity index (χ1) is 47.7. The Kier molecular flexibility index (Phi) is 68.9. The minimum atomic E-state index is -4.99. The molecule has 0 aromatic carbocycles. The molecule has 0 saturated carbocycles. The van der Waals surface area contributed by atoms with Gasteiger partial charge in [0.05, 0.1) is 26.4 Å². The molecule has 17 nitrogen and oxygen atoms in total. The van der Waals surface area contributed by atoms with E-state index >= 15 is 0 Å². The van der Waals surface area contributed by atoms with Crippen LogP contribution in [-0.4, -0.2) is 96.7 Å². The topological polar surface area (TPSA) is 237 Å². The molecule has 0 radical (unpaired) electrons. The quantitative estimate of drug-likeness (QED) is 0.0169. The van der Waals surface area contributed by atoms with Gasteiger partial charge in [0.1, 0.15) is 19.3 Å². The average Bonchev–Trinajstić information content (AvgIpc) is 0.966. The lowest BCUT2D eigenvalue weighted by Crippen LogP contribution is -2.30. The van der Waals surface area contributed by atoms with Crippen molar-refractivity contribution in [2.75, 3.05) is 39.6 Å². The van der Waals surface area contributed by atoms with E-state index in [1.54, 1.807) is 0 Å². The van der Waals surface area contributed by atoms with E-state index in [-0.39, 0.29) is 25.7 Å². The van der Waals surface area contributed by atoms with Crippen LogP contribution < -0.4 is 0 Å². The zero-order chi connectivity index (χ0) is 71.8. The van der Waals surface area contributed by atoms with Gasteiger partial charge in [0.25, 0.3) is 0 Å². The largest absolute Gasteiger partial charge is 0.472 e. The second-order valence-corrected chi connectivity index (χ2v) is 28.8. The zero-order valence-electron chi connectivity index (χ0n) is 62.0. The minimum absolute atomic E-state index is 0.0361. The minimum Gasteiger partial charge on any atom is -0.462 e. The van der Waals surface area contributed by atoms with Crippen LogP contribution in [0.2, 0.25) is 0 Å². The van der Waals surface area contributed by atoms with Crippen LogP contribution in [0.1, 0.15) is 336 Å². The molecular formula is C79H140O17P2. The number of hydrogen-bond donors (Lipinski definition) is 3. The summed E-state index contributed by atoms with van der Waals surface area (Å²) in [6, 6.07) is 0. The molecule has 0 aliphatic carbocycles. The Labute approximate surface area is 595 Å². The molecule has 0 saturated heterocycles. The third-order valence-electron chi connectivity index (χ3n) is 16.4. The Morgan fingerprint density at radius 2 is 0.551 bits per heavy atom. The highest BCUT2D eigenvalue weighted by Crippen LogP contribution is 2.45. The van der Waals surface area contributed by atoms with Crippen molar-refractivity contribution in [2.45, 2.75) is 354 Å². The first-order valence-electron chi connectivity index (χ1n) is 38.8. The predicted octanol–water partition coefficient (Wildman–Crippen LogP) is 22.2. The van der Waals surface area contributed by atoms with Crippen LogP contribution in [-0.2, 0) is 65.4 Å². The fraction of sp³-hybridized carbons (Fsp3) is 0.772. The Morgan fingerprint density at radius 1 is 0.296 bits per heavy atom. The lowest BCUT2D eigenvalue weighted by atomic mass is 10.0. The summed E-state index contributed by atoms with van der Waals surface area (Å²) in [5.41, 5.74) is 0. The number of phosphoric ester groups is 2. The van der Waals surface area contributed by atoms with E-state index in [1.165, 1.54) is 135 Å². The predicted molar refractivity (Wildman–Crippen MR) is 399 cm³/mol. The Balaban J connectivity index is 5.37. The molecule has 0 aromatic heterocycles. The summed E-state index contributed by atoms with van der Waals surface area (Å²) >= 11 is 0. The molecule has 0 fully saturated rings. The van der Waals surface area contributed by atoms with E-state index in [2.05, 4.69) is 94.5 Å². The van der Waals surface area contributed by atoms with E-state index < -0.39 is 97.5 Å². The number of unbranched alkanes of at least 4 members (excludes halogenated alkanes) is 33. The summed E-state index contributed by atoms with van der Waals surface area (Å²) in [5, 5.41) is 10.6. The molecule has 0 bridgehead atoms. The van der Waals surface area contributed by atoms with Crippen molar-refractivity contribution < 1.29 is 80.2 Å². The molecule has 0 amide bonds. The second-order valence-electron chi connectivity index (χ2n) is 25.9. The van der Waals surface area contributed by atoms with Gasteiger partial charge in [-0.05, 0) is 89.9 Å². The fourth-order valence-corrected chi connectivity index (χ4v) is 12.1. The molecule has 5 atom stereocenters. The standard InChI is InChI=1S/C79H140O17P2/c1-5-9-13-17-21-25-29-33-34-35-36-37-38-42-44-48-52-56-60-64-77(82)90-70-75(96-79(84)66-62-58-54-50-46-41-32-28-24-20-16-12-8-4)72-94-98(87,88)92-68-73(80)67-91-97(85,86)93-71-74(95-78(83)65-61-57-53-49-45-40-31-27-23-19-15-11-7-3)69-89-76(81)63-59-55-51-47-43-39-30-26-22-18-14-10-6-2/h9,13,21,25,28,32-34,36-37,42,44,52,56,73-75,80H,5-8,10-12,14-20,22-24,26-27,29-31,35,38-41,43,45-51,53-55,57-72H2,1-4H3,(H,85,86)(H,87,88)/b13-9-,25-21-,32-28-,34-33-,37-36-,44-42-,56-52-. The molecule has 98 heavy (non-hydrogen) atoms. The summed E-state index contributed by atoms with van der Waals surface area (Å²) in [6.07, 6.45) is 73.0. The summed E-state index contributed by atoms with van der Waals surface area (Å²) in [4.78, 5) is 72.8. The smallest absolute Gasteiger partial charge is 0.462 e. The number of aliphatic hydroxyl groups excluding tert-OH is 1. The Bertz CT molecular complexity index is 2190. The lowest BCUT2D eigenvalue weighted by molar-refractivity contribution is -0.161. The molecule has 568 valence electrons. The molecule has 5 unspecified atom stereocenters. The highest BCUT2D eigenvalue weighted by Gasteiger charge is 2.30. The van der Waals surface area contributed by atoms with Gasteiger partial charge >= 0.3 is 39.5 Å². The van der Waals surface area contributed by atoms with Crippen molar-refractivity contribution in [1.29, 1.82) is 0 Å². The number of allylic oxidation sites excluding steroid dienone is 14. The third-order valence-corrected chi connectivity index (χ3v) is 18.3. The molecule has 0 spiro atoms. The molecule has 0 aliphatic heterocycles. The summed E-state index contributed by atoms with van der Waals surface area (Å²) in [6.45, 7) is 4.69.